The zero-order chi connectivity index (χ0) is 19.5. The number of amides is 1. The van der Waals surface area contributed by atoms with E-state index in [-0.39, 0.29) is 18.3 Å². The van der Waals surface area contributed by atoms with Gasteiger partial charge >= 0.3 is 0 Å². The van der Waals surface area contributed by atoms with Crippen molar-refractivity contribution >= 4 is 45.8 Å². The van der Waals surface area contributed by atoms with Gasteiger partial charge in [-0.15, -0.1) is 11.3 Å². The van der Waals surface area contributed by atoms with Crippen molar-refractivity contribution < 1.29 is 14.3 Å². The van der Waals surface area contributed by atoms with Crippen LogP contribution in [0.2, 0.25) is 5.02 Å². The minimum absolute atomic E-state index is 0.0108. The first kappa shape index (κ1) is 18.4. The summed E-state index contributed by atoms with van der Waals surface area (Å²) >= 11 is 7.33. The summed E-state index contributed by atoms with van der Waals surface area (Å²) in [6.45, 7) is -0.103. The maximum absolute atomic E-state index is 12.5. The van der Waals surface area contributed by atoms with E-state index in [2.05, 4.69) is 10.3 Å². The second-order valence-electron chi connectivity index (χ2n) is 6.22. The van der Waals surface area contributed by atoms with E-state index >= 15 is 0 Å². The fourth-order valence-corrected chi connectivity index (χ4v) is 3.66. The van der Waals surface area contributed by atoms with Crippen LogP contribution in [0.25, 0.3) is 6.08 Å². The Bertz CT molecular complexity index is 1060. The lowest BCUT2D eigenvalue weighted by Gasteiger charge is -2.06. The normalized spacial score (nSPS) is 14.2. The van der Waals surface area contributed by atoms with Crippen molar-refractivity contribution in [1.82, 2.24) is 4.98 Å². The lowest BCUT2D eigenvalue weighted by Crippen LogP contribution is -2.19. The van der Waals surface area contributed by atoms with Crippen LogP contribution in [0.15, 0.2) is 59.6 Å². The van der Waals surface area contributed by atoms with E-state index in [1.807, 2.05) is 24.3 Å². The highest BCUT2D eigenvalue weighted by Crippen LogP contribution is 2.30. The SMILES string of the molecule is O=C(COc1ccc(/C=C2\Cc3ccc(Cl)cc3C2=O)cc1)Nc1nccs1. The number of nitrogens with one attached hydrogen (secondary N) is 1. The number of aromatic nitrogens is 1. The molecule has 1 amide bonds. The molecule has 4 rings (SSSR count). The van der Waals surface area contributed by atoms with Crippen LogP contribution < -0.4 is 10.1 Å². The van der Waals surface area contributed by atoms with Gasteiger partial charge in [-0.05, 0) is 41.5 Å². The van der Waals surface area contributed by atoms with Crippen LogP contribution in [-0.2, 0) is 11.2 Å². The van der Waals surface area contributed by atoms with Gasteiger partial charge in [-0.1, -0.05) is 29.8 Å². The number of halogens is 1. The second-order valence-corrected chi connectivity index (χ2v) is 7.55. The summed E-state index contributed by atoms with van der Waals surface area (Å²) < 4.78 is 5.49. The largest absolute Gasteiger partial charge is 0.484 e. The molecular formula is C21H15ClN2O3S. The minimum Gasteiger partial charge on any atom is -0.484 e. The highest BCUT2D eigenvalue weighted by Gasteiger charge is 2.24. The molecule has 140 valence electrons. The molecule has 1 heterocycles. The number of ether oxygens (including phenoxy) is 1. The number of ketones is 1. The van der Waals surface area contributed by atoms with E-state index < -0.39 is 0 Å². The number of nitrogens with zero attached hydrogens (tertiary/aromatic N) is 1. The standard InChI is InChI=1S/C21H15ClN2O3S/c22-16-4-3-14-10-15(20(26)18(14)11-16)9-13-1-5-17(6-2-13)27-12-19(25)24-21-23-7-8-28-21/h1-9,11H,10,12H2,(H,23,24,25)/b15-9+. The van der Waals surface area contributed by atoms with E-state index in [0.717, 1.165) is 16.7 Å². The Morgan fingerprint density at radius 1 is 1.25 bits per heavy atom. The molecule has 3 aromatic rings. The molecule has 0 radical (unpaired) electrons. The Labute approximate surface area is 170 Å². The first-order valence-electron chi connectivity index (χ1n) is 8.54. The Balaban J connectivity index is 1.38. The molecule has 0 atom stereocenters. The Morgan fingerprint density at radius 3 is 2.82 bits per heavy atom. The van der Waals surface area contributed by atoms with Crippen molar-refractivity contribution in [1.29, 1.82) is 0 Å². The van der Waals surface area contributed by atoms with Crippen LogP contribution >= 0.6 is 22.9 Å². The van der Waals surface area contributed by atoms with Crippen molar-refractivity contribution in [2.24, 2.45) is 0 Å². The Morgan fingerprint density at radius 2 is 2.07 bits per heavy atom. The molecule has 0 saturated heterocycles. The predicted molar refractivity (Wildman–Crippen MR) is 110 cm³/mol. The summed E-state index contributed by atoms with van der Waals surface area (Å²) in [4.78, 5) is 28.3. The summed E-state index contributed by atoms with van der Waals surface area (Å²) in [5.74, 6) is 0.315. The van der Waals surface area contributed by atoms with Crippen LogP contribution in [0.5, 0.6) is 5.75 Å². The quantitative estimate of drug-likeness (QED) is 0.622. The molecule has 5 nitrogen and oxygen atoms in total. The van der Waals surface area contributed by atoms with Gasteiger partial charge in [0.05, 0.1) is 0 Å². The summed E-state index contributed by atoms with van der Waals surface area (Å²) in [6, 6.07) is 12.7. The topological polar surface area (TPSA) is 68.3 Å². The maximum atomic E-state index is 12.5. The van der Waals surface area contributed by atoms with Gasteiger partial charge in [-0.2, -0.15) is 0 Å². The highest BCUT2D eigenvalue weighted by molar-refractivity contribution is 7.13. The number of rotatable bonds is 5. The monoisotopic (exact) mass is 410 g/mol. The van der Waals surface area contributed by atoms with Crippen molar-refractivity contribution in [2.75, 3.05) is 11.9 Å². The first-order chi connectivity index (χ1) is 13.6. The molecule has 1 aromatic heterocycles. The molecule has 0 spiro atoms. The molecule has 7 heteroatoms. The molecule has 0 bridgehead atoms. The van der Waals surface area contributed by atoms with Gasteiger partial charge in [0.1, 0.15) is 5.75 Å². The molecule has 1 N–H and O–H groups in total. The smallest absolute Gasteiger partial charge is 0.264 e. The highest BCUT2D eigenvalue weighted by atomic mass is 35.5. The molecule has 0 fully saturated rings. The Kier molecular flexibility index (Phi) is 5.23. The van der Waals surface area contributed by atoms with Crippen molar-refractivity contribution in [3.05, 3.63) is 81.3 Å². The number of carbonyl (C=O) groups is 2. The van der Waals surface area contributed by atoms with Gasteiger partial charge in [-0.25, -0.2) is 4.98 Å². The fraction of sp³-hybridized carbons (Fsp3) is 0.0952. The lowest BCUT2D eigenvalue weighted by atomic mass is 10.1. The zero-order valence-electron chi connectivity index (χ0n) is 14.6. The average Bonchev–Trinajstić information content (AvgIpc) is 3.30. The van der Waals surface area contributed by atoms with Crippen molar-refractivity contribution in [3.63, 3.8) is 0 Å². The molecule has 0 aliphatic heterocycles. The average molecular weight is 411 g/mol. The number of hydrogen-bond donors (Lipinski definition) is 1. The van der Waals surface area contributed by atoms with Gasteiger partial charge < -0.3 is 4.74 Å². The van der Waals surface area contributed by atoms with E-state index in [4.69, 9.17) is 16.3 Å². The zero-order valence-corrected chi connectivity index (χ0v) is 16.2. The number of anilines is 1. The van der Waals surface area contributed by atoms with Crippen molar-refractivity contribution in [2.45, 2.75) is 6.42 Å². The molecule has 2 aromatic carbocycles. The van der Waals surface area contributed by atoms with Gasteiger partial charge in [0.15, 0.2) is 17.5 Å². The molecule has 1 aliphatic rings. The number of fused-ring (bicyclic) bond motifs is 1. The molecule has 0 unspecified atom stereocenters. The fourth-order valence-electron chi connectivity index (χ4n) is 2.94. The summed E-state index contributed by atoms with van der Waals surface area (Å²) in [5.41, 5.74) is 3.28. The summed E-state index contributed by atoms with van der Waals surface area (Å²) in [6.07, 6.45) is 4.09. The van der Waals surface area contributed by atoms with Gasteiger partial charge in [0.2, 0.25) is 0 Å². The minimum atomic E-state index is -0.269. The molecule has 1 aliphatic carbocycles. The van der Waals surface area contributed by atoms with E-state index in [1.54, 1.807) is 35.8 Å². The van der Waals surface area contributed by atoms with Gasteiger partial charge in [-0.3, -0.25) is 14.9 Å². The summed E-state index contributed by atoms with van der Waals surface area (Å²) in [7, 11) is 0. The maximum Gasteiger partial charge on any atom is 0.264 e. The third kappa shape index (κ3) is 4.13. The number of Topliss-reactive ketones (excluding diaryl/α,β-unsaturated/α-hetero) is 1. The summed E-state index contributed by atoms with van der Waals surface area (Å²) in [5, 5.41) is 5.54. The number of allylic oxidation sites excluding steroid dienone is 1. The molecule has 28 heavy (non-hydrogen) atoms. The van der Waals surface area contributed by atoms with Crippen LogP contribution in [0.3, 0.4) is 0 Å². The van der Waals surface area contributed by atoms with Crippen LogP contribution in [-0.4, -0.2) is 23.3 Å². The molecule has 0 saturated carbocycles. The lowest BCUT2D eigenvalue weighted by molar-refractivity contribution is -0.118. The third-order valence-electron chi connectivity index (χ3n) is 4.26. The van der Waals surface area contributed by atoms with E-state index in [9.17, 15) is 9.59 Å². The number of carbonyl (C=O) groups excluding carboxylic acids is 2. The second kappa shape index (κ2) is 7.96. The van der Waals surface area contributed by atoms with Gasteiger partial charge in [0.25, 0.3) is 5.91 Å². The van der Waals surface area contributed by atoms with E-state index in [1.165, 1.54) is 11.3 Å². The number of benzene rings is 2. The van der Waals surface area contributed by atoms with Crippen LogP contribution in [0.4, 0.5) is 5.13 Å². The Hall–Kier alpha value is -2.96. The van der Waals surface area contributed by atoms with Gasteiger partial charge in [0, 0.05) is 34.2 Å². The number of thiazole rings is 1. The predicted octanol–water partition coefficient (Wildman–Crippen LogP) is 4.64. The number of hydrogen-bond acceptors (Lipinski definition) is 5. The van der Waals surface area contributed by atoms with Crippen LogP contribution in [0, 0.1) is 0 Å². The third-order valence-corrected chi connectivity index (χ3v) is 5.18. The molecular weight excluding hydrogens is 396 g/mol. The van der Waals surface area contributed by atoms with E-state index in [0.29, 0.717) is 27.9 Å². The van der Waals surface area contributed by atoms with Crippen LogP contribution in [0.1, 0.15) is 21.5 Å². The first-order valence-corrected chi connectivity index (χ1v) is 9.80. The van der Waals surface area contributed by atoms with Crippen molar-refractivity contribution in [3.8, 4) is 5.75 Å².